The van der Waals surface area contributed by atoms with Crippen LogP contribution in [0.3, 0.4) is 0 Å². The lowest BCUT2D eigenvalue weighted by Crippen LogP contribution is -2.13. The zero-order valence-electron chi connectivity index (χ0n) is 17.3. The number of hydrogen-bond donors (Lipinski definition) is 2. The summed E-state index contributed by atoms with van der Waals surface area (Å²) in [5.41, 5.74) is 2.36. The van der Waals surface area contributed by atoms with Gasteiger partial charge in [-0.05, 0) is 49.7 Å². The number of benzene rings is 2. The molecule has 2 heterocycles. The molecule has 2 N–H and O–H groups in total. The molecule has 0 aliphatic carbocycles. The van der Waals surface area contributed by atoms with Gasteiger partial charge >= 0.3 is 6.18 Å². The summed E-state index contributed by atoms with van der Waals surface area (Å²) in [6.07, 6.45) is -2.20. The number of nitrogens with one attached hydrogen (secondary N) is 2. The third-order valence-electron chi connectivity index (χ3n) is 5.10. The van der Waals surface area contributed by atoms with E-state index in [-0.39, 0.29) is 5.91 Å². The van der Waals surface area contributed by atoms with Crippen molar-refractivity contribution in [1.29, 1.82) is 0 Å². The second kappa shape index (κ2) is 8.41. The van der Waals surface area contributed by atoms with Crippen LogP contribution in [-0.4, -0.2) is 22.7 Å². The normalized spacial score (nSPS) is 11.7. The maximum absolute atomic E-state index is 12.7. The van der Waals surface area contributed by atoms with Crippen LogP contribution in [-0.2, 0) is 12.6 Å². The zero-order valence-corrected chi connectivity index (χ0v) is 17.3. The fraction of sp³-hybridized carbons (Fsp3) is 0.217. The average molecular weight is 443 g/mol. The van der Waals surface area contributed by atoms with Gasteiger partial charge in [0.05, 0.1) is 23.6 Å². The van der Waals surface area contributed by atoms with Crippen molar-refractivity contribution in [2.45, 2.75) is 26.4 Å². The molecule has 0 aliphatic heterocycles. The fourth-order valence-electron chi connectivity index (χ4n) is 3.43. The smallest absolute Gasteiger partial charge is 0.416 e. The Hall–Kier alpha value is -3.75. The second-order valence-corrected chi connectivity index (χ2v) is 7.36. The molecule has 0 atom stereocenters. The van der Waals surface area contributed by atoms with Crippen LogP contribution in [0.4, 0.5) is 18.9 Å². The van der Waals surface area contributed by atoms with Gasteiger partial charge in [0.25, 0.3) is 5.91 Å². The summed E-state index contributed by atoms with van der Waals surface area (Å²) >= 11 is 0. The van der Waals surface area contributed by atoms with Gasteiger partial charge in [-0.2, -0.15) is 13.2 Å². The van der Waals surface area contributed by atoms with Crippen molar-refractivity contribution in [3.8, 4) is 5.75 Å². The molecule has 9 heteroatoms. The SMILES string of the molecule is Cc1noc(C)c1C(=O)Nc1c[nH]c2ccc(OCCc3ccc(C(F)(F)F)cc3)cc12. The van der Waals surface area contributed by atoms with E-state index in [1.54, 1.807) is 32.2 Å². The van der Waals surface area contributed by atoms with E-state index in [4.69, 9.17) is 9.26 Å². The molecule has 0 fully saturated rings. The number of aromatic nitrogens is 2. The summed E-state index contributed by atoms with van der Waals surface area (Å²) in [5, 5.41) is 7.42. The standard InChI is InChI=1S/C23H20F3N3O3/c1-13-21(14(2)32-29-13)22(30)28-20-12-27-19-8-7-17(11-18(19)20)31-10-9-15-3-5-16(6-4-15)23(24,25)26/h3-8,11-12,27H,9-10H2,1-2H3,(H,28,30). The molecular weight excluding hydrogens is 423 g/mol. The molecule has 1 amide bonds. The number of hydrogen-bond acceptors (Lipinski definition) is 4. The van der Waals surface area contributed by atoms with Crippen molar-refractivity contribution in [1.82, 2.24) is 10.1 Å². The Morgan fingerprint density at radius 1 is 1.16 bits per heavy atom. The van der Waals surface area contributed by atoms with Gasteiger partial charge in [0.15, 0.2) is 0 Å². The third-order valence-corrected chi connectivity index (χ3v) is 5.10. The van der Waals surface area contributed by atoms with Gasteiger partial charge in [-0.1, -0.05) is 17.3 Å². The van der Waals surface area contributed by atoms with Gasteiger partial charge in [-0.15, -0.1) is 0 Å². The molecule has 6 nitrogen and oxygen atoms in total. The highest BCUT2D eigenvalue weighted by molar-refractivity contribution is 6.10. The topological polar surface area (TPSA) is 80.2 Å². The number of fused-ring (bicyclic) bond motifs is 1. The number of aryl methyl sites for hydroxylation is 2. The Kier molecular flexibility index (Phi) is 5.65. The Labute approximate surface area is 181 Å². The van der Waals surface area contributed by atoms with Gasteiger partial charge in [0.2, 0.25) is 0 Å². The lowest BCUT2D eigenvalue weighted by molar-refractivity contribution is -0.137. The van der Waals surface area contributed by atoms with Crippen LogP contribution in [0.1, 0.15) is 32.9 Å². The fourth-order valence-corrected chi connectivity index (χ4v) is 3.43. The molecule has 2 aromatic carbocycles. The molecule has 4 rings (SSSR count). The number of ether oxygens (including phenoxy) is 1. The van der Waals surface area contributed by atoms with Crippen LogP contribution in [0.15, 0.2) is 53.2 Å². The molecule has 0 unspecified atom stereocenters. The number of amides is 1. The van der Waals surface area contributed by atoms with E-state index in [1.807, 2.05) is 6.07 Å². The predicted octanol–water partition coefficient (Wildman–Crippen LogP) is 5.67. The number of nitrogens with zero attached hydrogens (tertiary/aromatic N) is 1. The molecule has 0 spiro atoms. The summed E-state index contributed by atoms with van der Waals surface area (Å²) < 4.78 is 48.8. The van der Waals surface area contributed by atoms with Crippen LogP contribution in [0.5, 0.6) is 5.75 Å². The molecule has 4 aromatic rings. The number of carbonyl (C=O) groups is 1. The van der Waals surface area contributed by atoms with Crippen molar-refractivity contribution in [3.63, 3.8) is 0 Å². The molecule has 0 radical (unpaired) electrons. The first kappa shape index (κ1) is 21.5. The molecule has 0 bridgehead atoms. The highest BCUT2D eigenvalue weighted by atomic mass is 19.4. The quantitative estimate of drug-likeness (QED) is 0.403. The third kappa shape index (κ3) is 4.46. The minimum atomic E-state index is -4.35. The van der Waals surface area contributed by atoms with E-state index in [9.17, 15) is 18.0 Å². The largest absolute Gasteiger partial charge is 0.493 e. The van der Waals surface area contributed by atoms with Crippen LogP contribution < -0.4 is 10.1 Å². The molecule has 32 heavy (non-hydrogen) atoms. The lowest BCUT2D eigenvalue weighted by atomic mass is 10.1. The number of halogens is 3. The molecular formula is C23H20F3N3O3. The maximum atomic E-state index is 12.7. The number of H-pyrrole nitrogens is 1. The first-order valence-electron chi connectivity index (χ1n) is 9.86. The van der Waals surface area contributed by atoms with Crippen LogP contribution >= 0.6 is 0 Å². The number of anilines is 1. The van der Waals surface area contributed by atoms with E-state index < -0.39 is 11.7 Å². The van der Waals surface area contributed by atoms with Gasteiger partial charge in [-0.3, -0.25) is 4.79 Å². The van der Waals surface area contributed by atoms with Gasteiger partial charge < -0.3 is 19.6 Å². The Morgan fingerprint density at radius 2 is 1.91 bits per heavy atom. The van der Waals surface area contributed by atoms with Crippen LogP contribution in [0.2, 0.25) is 0 Å². The number of alkyl halides is 3. The summed E-state index contributed by atoms with van der Waals surface area (Å²) in [6.45, 7) is 3.66. The zero-order chi connectivity index (χ0) is 22.9. The second-order valence-electron chi connectivity index (χ2n) is 7.36. The van der Waals surface area contributed by atoms with E-state index in [0.29, 0.717) is 41.5 Å². The predicted molar refractivity (Wildman–Crippen MR) is 113 cm³/mol. The lowest BCUT2D eigenvalue weighted by Gasteiger charge is -2.09. The number of rotatable bonds is 6. The van der Waals surface area contributed by atoms with Crippen LogP contribution in [0, 0.1) is 13.8 Å². The Bertz CT molecular complexity index is 1240. The minimum absolute atomic E-state index is 0.294. The van der Waals surface area contributed by atoms with Crippen molar-refractivity contribution in [2.24, 2.45) is 0 Å². The minimum Gasteiger partial charge on any atom is -0.493 e. The van der Waals surface area contributed by atoms with Crippen molar-refractivity contribution in [3.05, 3.63) is 76.8 Å². The summed E-state index contributed by atoms with van der Waals surface area (Å²) in [5.74, 6) is 0.694. The number of aromatic amines is 1. The van der Waals surface area contributed by atoms with E-state index in [2.05, 4.69) is 15.5 Å². The molecule has 166 valence electrons. The van der Waals surface area contributed by atoms with Crippen LogP contribution in [0.25, 0.3) is 10.9 Å². The molecule has 0 saturated carbocycles. The highest BCUT2D eigenvalue weighted by Gasteiger charge is 2.29. The maximum Gasteiger partial charge on any atom is 0.416 e. The molecule has 2 aromatic heterocycles. The first-order valence-corrected chi connectivity index (χ1v) is 9.86. The van der Waals surface area contributed by atoms with Crippen molar-refractivity contribution >= 4 is 22.5 Å². The monoisotopic (exact) mass is 443 g/mol. The van der Waals surface area contributed by atoms with Gasteiger partial charge in [-0.25, -0.2) is 0 Å². The van der Waals surface area contributed by atoms with E-state index in [1.165, 1.54) is 12.1 Å². The highest BCUT2D eigenvalue weighted by Crippen LogP contribution is 2.30. The van der Waals surface area contributed by atoms with Crippen molar-refractivity contribution < 1.29 is 27.2 Å². The van der Waals surface area contributed by atoms with Gasteiger partial charge in [0, 0.05) is 23.5 Å². The van der Waals surface area contributed by atoms with E-state index in [0.717, 1.165) is 28.6 Å². The Morgan fingerprint density at radius 3 is 2.56 bits per heavy atom. The summed E-state index contributed by atoms with van der Waals surface area (Å²) in [7, 11) is 0. The number of carbonyl (C=O) groups excluding carboxylic acids is 1. The average Bonchev–Trinajstić information content (AvgIpc) is 3.30. The van der Waals surface area contributed by atoms with E-state index >= 15 is 0 Å². The Balaban J connectivity index is 1.43. The van der Waals surface area contributed by atoms with Gasteiger partial charge in [0.1, 0.15) is 17.1 Å². The first-order chi connectivity index (χ1) is 15.2. The molecule has 0 aliphatic rings. The van der Waals surface area contributed by atoms with Crippen molar-refractivity contribution in [2.75, 3.05) is 11.9 Å². The molecule has 0 saturated heterocycles. The summed E-state index contributed by atoms with van der Waals surface area (Å²) in [4.78, 5) is 15.7. The summed E-state index contributed by atoms with van der Waals surface area (Å²) in [6, 6.07) is 10.4.